The van der Waals surface area contributed by atoms with Gasteiger partial charge in [0.2, 0.25) is 0 Å². The Morgan fingerprint density at radius 3 is 2.55 bits per heavy atom. The van der Waals surface area contributed by atoms with Crippen LogP contribution in [0.3, 0.4) is 0 Å². The fourth-order valence-electron chi connectivity index (χ4n) is 4.63. The zero-order valence-corrected chi connectivity index (χ0v) is 18.9. The van der Waals surface area contributed by atoms with Crippen LogP contribution in [0.25, 0.3) is 16.8 Å². The van der Waals surface area contributed by atoms with Crippen molar-refractivity contribution in [2.24, 2.45) is 5.16 Å². The Labute approximate surface area is 193 Å². The highest BCUT2D eigenvalue weighted by Gasteiger charge is 2.24. The first-order valence-electron chi connectivity index (χ1n) is 11.5. The number of oxime groups is 1. The maximum absolute atomic E-state index is 5.98. The summed E-state index contributed by atoms with van der Waals surface area (Å²) in [5.74, 6) is 1.31. The van der Waals surface area contributed by atoms with Crippen LogP contribution in [0.2, 0.25) is 0 Å². The Balaban J connectivity index is 1.48. The number of benzene rings is 2. The molecule has 2 heterocycles. The fraction of sp³-hybridized carbons (Fsp3) is 0.296. The summed E-state index contributed by atoms with van der Waals surface area (Å²) < 4.78 is 7.98. The summed E-state index contributed by atoms with van der Waals surface area (Å²) in [5.41, 5.74) is 6.30. The largest absolute Gasteiger partial charge is 0.489 e. The van der Waals surface area contributed by atoms with Crippen LogP contribution in [0, 0.1) is 0 Å². The maximum Gasteiger partial charge on any atom is 0.164 e. The molecule has 1 fully saturated rings. The third kappa shape index (κ3) is 4.60. The second kappa shape index (κ2) is 9.86. The molecule has 0 aliphatic heterocycles. The average Bonchev–Trinajstić information content (AvgIpc) is 3.30. The van der Waals surface area contributed by atoms with Crippen molar-refractivity contribution in [2.75, 3.05) is 7.11 Å². The van der Waals surface area contributed by atoms with Crippen LogP contribution in [0.15, 0.2) is 72.1 Å². The molecule has 5 rings (SSSR count). The van der Waals surface area contributed by atoms with Crippen LogP contribution in [0.1, 0.15) is 54.8 Å². The van der Waals surface area contributed by atoms with E-state index in [0.29, 0.717) is 12.5 Å². The van der Waals surface area contributed by atoms with E-state index in [1.54, 1.807) is 6.21 Å². The van der Waals surface area contributed by atoms with E-state index in [4.69, 9.17) is 19.7 Å². The van der Waals surface area contributed by atoms with Crippen molar-refractivity contribution in [2.45, 2.75) is 44.6 Å². The van der Waals surface area contributed by atoms with Gasteiger partial charge in [0.05, 0.1) is 23.7 Å². The Morgan fingerprint density at radius 2 is 1.79 bits per heavy atom. The third-order valence-corrected chi connectivity index (χ3v) is 6.29. The van der Waals surface area contributed by atoms with Gasteiger partial charge in [-0.1, -0.05) is 66.9 Å². The molecular formula is C27H28N4O2. The van der Waals surface area contributed by atoms with Gasteiger partial charge >= 0.3 is 0 Å². The first-order valence-corrected chi connectivity index (χ1v) is 11.5. The van der Waals surface area contributed by atoms with E-state index >= 15 is 0 Å². The Kier molecular flexibility index (Phi) is 6.33. The van der Waals surface area contributed by atoms with E-state index in [1.165, 1.54) is 44.9 Å². The summed E-state index contributed by atoms with van der Waals surface area (Å²) in [6.45, 7) is 0.556. The van der Waals surface area contributed by atoms with Gasteiger partial charge in [0.15, 0.2) is 5.65 Å². The molecular weight excluding hydrogens is 412 g/mol. The summed E-state index contributed by atoms with van der Waals surface area (Å²) >= 11 is 0. The van der Waals surface area contributed by atoms with Crippen molar-refractivity contribution >= 4 is 11.9 Å². The van der Waals surface area contributed by atoms with Gasteiger partial charge in [-0.05, 0) is 36.1 Å². The minimum atomic E-state index is 0.459. The van der Waals surface area contributed by atoms with Crippen LogP contribution in [0.4, 0.5) is 0 Å². The highest BCUT2D eigenvalue weighted by atomic mass is 16.6. The molecule has 4 aromatic rings. The van der Waals surface area contributed by atoms with Crippen molar-refractivity contribution in [3.63, 3.8) is 0 Å². The number of ether oxygens (including phenoxy) is 1. The Bertz CT molecular complexity index is 1230. The molecule has 1 aliphatic rings. The van der Waals surface area contributed by atoms with E-state index in [9.17, 15) is 0 Å². The van der Waals surface area contributed by atoms with E-state index in [1.807, 2.05) is 47.2 Å². The molecule has 0 N–H and O–H groups in total. The fourth-order valence-corrected chi connectivity index (χ4v) is 4.63. The molecule has 0 unspecified atom stereocenters. The number of hydrogen-bond donors (Lipinski definition) is 0. The van der Waals surface area contributed by atoms with Gasteiger partial charge in [0.1, 0.15) is 19.5 Å². The standard InChI is InChI=1S/C27H28N4O2/c1-32-30-17-23-16-29-31-26(22-10-6-3-7-11-22)25(18-28-27(23)31)21-12-14-24(15-13-21)33-19-20-8-4-2-5-9-20/h2,4-5,8-9,12-18,22H,3,6-7,10-11,19H2,1H3/b30-17-. The average molecular weight is 441 g/mol. The summed E-state index contributed by atoms with van der Waals surface area (Å²) in [6.07, 6.45) is 11.6. The zero-order valence-electron chi connectivity index (χ0n) is 18.9. The number of hydrogen-bond acceptors (Lipinski definition) is 5. The molecule has 6 nitrogen and oxygen atoms in total. The third-order valence-electron chi connectivity index (χ3n) is 6.29. The predicted molar refractivity (Wildman–Crippen MR) is 130 cm³/mol. The number of fused-ring (bicyclic) bond motifs is 1. The SMILES string of the molecule is CO/N=C\c1cnn2c(C3CCCCC3)c(-c3ccc(OCc4ccccc4)cc3)cnc12. The predicted octanol–water partition coefficient (Wildman–Crippen LogP) is 6.00. The molecule has 6 heteroatoms. The van der Waals surface area contributed by atoms with Crippen molar-refractivity contribution < 1.29 is 9.57 Å². The van der Waals surface area contributed by atoms with Crippen molar-refractivity contribution in [1.82, 2.24) is 14.6 Å². The monoisotopic (exact) mass is 440 g/mol. The minimum absolute atomic E-state index is 0.459. The smallest absolute Gasteiger partial charge is 0.164 e. The second-order valence-corrected chi connectivity index (χ2v) is 8.44. The lowest BCUT2D eigenvalue weighted by Crippen LogP contribution is -2.12. The normalized spacial score (nSPS) is 14.7. The lowest BCUT2D eigenvalue weighted by molar-refractivity contribution is 0.215. The van der Waals surface area contributed by atoms with Gasteiger partial charge in [0.25, 0.3) is 0 Å². The van der Waals surface area contributed by atoms with Gasteiger partial charge in [-0.3, -0.25) is 0 Å². The lowest BCUT2D eigenvalue weighted by atomic mass is 9.84. The number of nitrogens with zero attached hydrogens (tertiary/aromatic N) is 4. The lowest BCUT2D eigenvalue weighted by Gasteiger charge is -2.25. The van der Waals surface area contributed by atoms with Crippen LogP contribution >= 0.6 is 0 Å². The molecule has 0 bridgehead atoms. The summed E-state index contributed by atoms with van der Waals surface area (Å²) in [6, 6.07) is 18.5. The van der Waals surface area contributed by atoms with Gasteiger partial charge in [-0.15, -0.1) is 0 Å². The van der Waals surface area contributed by atoms with Crippen molar-refractivity contribution in [3.8, 4) is 16.9 Å². The van der Waals surface area contributed by atoms with Gasteiger partial charge in [0, 0.05) is 17.7 Å². The zero-order chi connectivity index (χ0) is 22.5. The minimum Gasteiger partial charge on any atom is -0.489 e. The molecule has 0 radical (unpaired) electrons. The highest BCUT2D eigenvalue weighted by molar-refractivity contribution is 5.87. The molecule has 0 spiro atoms. The van der Waals surface area contributed by atoms with Crippen LogP contribution in [-0.4, -0.2) is 27.9 Å². The summed E-state index contributed by atoms with van der Waals surface area (Å²) in [4.78, 5) is 9.60. The van der Waals surface area contributed by atoms with Gasteiger partial charge in [-0.2, -0.15) is 5.10 Å². The van der Waals surface area contributed by atoms with Crippen molar-refractivity contribution in [1.29, 1.82) is 0 Å². The Hall–Kier alpha value is -3.67. The van der Waals surface area contributed by atoms with Crippen LogP contribution < -0.4 is 4.74 Å². The molecule has 1 saturated carbocycles. The number of rotatable bonds is 7. The molecule has 0 saturated heterocycles. The second-order valence-electron chi connectivity index (χ2n) is 8.44. The maximum atomic E-state index is 5.98. The first-order chi connectivity index (χ1) is 16.3. The van der Waals surface area contributed by atoms with E-state index < -0.39 is 0 Å². The van der Waals surface area contributed by atoms with Gasteiger partial charge < -0.3 is 9.57 Å². The van der Waals surface area contributed by atoms with Crippen molar-refractivity contribution in [3.05, 3.63) is 83.8 Å². The number of aromatic nitrogens is 3. The quantitative estimate of drug-likeness (QED) is 0.261. The summed E-state index contributed by atoms with van der Waals surface area (Å²) in [5, 5.41) is 8.60. The van der Waals surface area contributed by atoms with E-state index in [0.717, 1.165) is 33.7 Å². The first kappa shape index (κ1) is 21.2. The topological polar surface area (TPSA) is 61.0 Å². The molecule has 2 aromatic carbocycles. The van der Waals surface area contributed by atoms with E-state index in [2.05, 4.69) is 29.4 Å². The molecule has 33 heavy (non-hydrogen) atoms. The van der Waals surface area contributed by atoms with E-state index in [-0.39, 0.29) is 0 Å². The highest BCUT2D eigenvalue weighted by Crippen LogP contribution is 2.38. The molecule has 168 valence electrons. The van der Waals surface area contributed by atoms with Gasteiger partial charge in [-0.25, -0.2) is 9.50 Å². The Morgan fingerprint density at radius 1 is 1.00 bits per heavy atom. The molecule has 2 aromatic heterocycles. The molecule has 1 aliphatic carbocycles. The van der Waals surface area contributed by atoms with Crippen LogP contribution in [-0.2, 0) is 11.4 Å². The summed E-state index contributed by atoms with van der Waals surface area (Å²) in [7, 11) is 1.54. The molecule has 0 amide bonds. The van der Waals surface area contributed by atoms with Crippen LogP contribution in [0.5, 0.6) is 5.75 Å². The molecule has 0 atom stereocenters.